The van der Waals surface area contributed by atoms with E-state index < -0.39 is 18.0 Å². The third kappa shape index (κ3) is 4.68. The Morgan fingerprint density at radius 1 is 1.03 bits per heavy atom. The second kappa shape index (κ2) is 9.28. The maximum atomic E-state index is 12.7. The van der Waals surface area contributed by atoms with Crippen molar-refractivity contribution in [3.63, 3.8) is 0 Å². The van der Waals surface area contributed by atoms with E-state index in [2.05, 4.69) is 10.6 Å². The summed E-state index contributed by atoms with van der Waals surface area (Å²) in [5.74, 6) is -1.18. The highest BCUT2D eigenvalue weighted by Gasteiger charge is 2.25. The molecular weight excluding hydrogens is 424 g/mol. The predicted molar refractivity (Wildman–Crippen MR) is 126 cm³/mol. The van der Waals surface area contributed by atoms with Gasteiger partial charge in [-0.2, -0.15) is 0 Å². The van der Waals surface area contributed by atoms with Crippen molar-refractivity contribution in [1.82, 2.24) is 0 Å². The van der Waals surface area contributed by atoms with Crippen LogP contribution in [0.1, 0.15) is 24.2 Å². The SMILES string of the molecule is C[C@@H]1Sc2ccc(C(=O)O[C@H](C)C(=O)Nc3ccccc3-c3ccccc3)cc2NC1=O. The molecule has 1 heterocycles. The first-order valence-corrected chi connectivity index (χ1v) is 11.1. The van der Waals surface area contributed by atoms with Gasteiger partial charge in [0.1, 0.15) is 0 Å². The van der Waals surface area contributed by atoms with Crippen LogP contribution < -0.4 is 10.6 Å². The van der Waals surface area contributed by atoms with Crippen LogP contribution in [0.3, 0.4) is 0 Å². The summed E-state index contributed by atoms with van der Waals surface area (Å²) >= 11 is 1.43. The van der Waals surface area contributed by atoms with Crippen molar-refractivity contribution < 1.29 is 19.1 Å². The summed E-state index contributed by atoms with van der Waals surface area (Å²) in [6.07, 6.45) is -1.01. The van der Waals surface area contributed by atoms with Gasteiger partial charge in [-0.05, 0) is 43.7 Å². The molecule has 0 aliphatic carbocycles. The van der Waals surface area contributed by atoms with E-state index in [9.17, 15) is 14.4 Å². The smallest absolute Gasteiger partial charge is 0.338 e. The van der Waals surface area contributed by atoms with Crippen molar-refractivity contribution in [3.8, 4) is 11.1 Å². The van der Waals surface area contributed by atoms with Crippen molar-refractivity contribution >= 4 is 40.9 Å². The van der Waals surface area contributed by atoms with Gasteiger partial charge in [0, 0.05) is 16.1 Å². The van der Waals surface area contributed by atoms with Crippen LogP contribution in [0.15, 0.2) is 77.7 Å². The van der Waals surface area contributed by atoms with E-state index >= 15 is 0 Å². The number of thioether (sulfide) groups is 1. The molecule has 2 atom stereocenters. The number of ether oxygens (including phenoxy) is 1. The van der Waals surface area contributed by atoms with Gasteiger partial charge in [-0.3, -0.25) is 9.59 Å². The first-order chi connectivity index (χ1) is 15.4. The molecule has 0 saturated carbocycles. The van der Waals surface area contributed by atoms with E-state index in [1.165, 1.54) is 18.7 Å². The highest BCUT2D eigenvalue weighted by atomic mass is 32.2. The van der Waals surface area contributed by atoms with Gasteiger partial charge in [0.15, 0.2) is 6.10 Å². The lowest BCUT2D eigenvalue weighted by atomic mass is 10.0. The molecule has 3 aromatic carbocycles. The van der Waals surface area contributed by atoms with Gasteiger partial charge < -0.3 is 15.4 Å². The molecule has 1 aliphatic heterocycles. The molecule has 0 bridgehead atoms. The molecular formula is C25H22N2O4S. The third-order valence-electron chi connectivity index (χ3n) is 5.07. The van der Waals surface area contributed by atoms with Crippen LogP contribution in [0.25, 0.3) is 11.1 Å². The zero-order valence-electron chi connectivity index (χ0n) is 17.6. The van der Waals surface area contributed by atoms with Crippen molar-refractivity contribution in [2.75, 3.05) is 10.6 Å². The number of carbonyl (C=O) groups is 3. The number of fused-ring (bicyclic) bond motifs is 1. The molecule has 162 valence electrons. The standard InChI is InChI=1S/C25H22N2O4S/c1-15(23(28)26-20-11-7-6-10-19(20)17-8-4-3-5-9-17)31-25(30)18-12-13-22-21(14-18)27-24(29)16(2)32-22/h3-16H,1-2H3,(H,26,28)(H,27,29)/t15-,16+/m1/s1. The van der Waals surface area contributed by atoms with Gasteiger partial charge in [0.25, 0.3) is 5.91 Å². The molecule has 7 heteroatoms. The van der Waals surface area contributed by atoms with Crippen LogP contribution in [0.2, 0.25) is 0 Å². The molecule has 0 radical (unpaired) electrons. The molecule has 2 N–H and O–H groups in total. The Hall–Kier alpha value is -3.58. The lowest BCUT2D eigenvalue weighted by Gasteiger charge is -2.22. The zero-order chi connectivity index (χ0) is 22.7. The van der Waals surface area contributed by atoms with Crippen LogP contribution in [0.4, 0.5) is 11.4 Å². The molecule has 1 aliphatic rings. The maximum Gasteiger partial charge on any atom is 0.338 e. The molecule has 0 unspecified atom stereocenters. The maximum absolute atomic E-state index is 12.7. The quantitative estimate of drug-likeness (QED) is 0.541. The number of hydrogen-bond donors (Lipinski definition) is 2. The summed E-state index contributed by atoms with van der Waals surface area (Å²) in [5.41, 5.74) is 3.31. The second-order valence-corrected chi connectivity index (χ2v) is 8.79. The fraction of sp³-hybridized carbons (Fsp3) is 0.160. The summed E-state index contributed by atoms with van der Waals surface area (Å²) < 4.78 is 5.38. The third-order valence-corrected chi connectivity index (χ3v) is 6.25. The van der Waals surface area contributed by atoms with Gasteiger partial charge in [0.05, 0.1) is 16.5 Å². The highest BCUT2D eigenvalue weighted by molar-refractivity contribution is 8.00. The summed E-state index contributed by atoms with van der Waals surface area (Å²) in [6.45, 7) is 3.34. The Morgan fingerprint density at radius 3 is 2.53 bits per heavy atom. The normalized spacial score (nSPS) is 15.8. The predicted octanol–water partition coefficient (Wildman–Crippen LogP) is 4.97. The first kappa shape index (κ1) is 21.6. The summed E-state index contributed by atoms with van der Waals surface area (Å²) in [7, 11) is 0. The van der Waals surface area contributed by atoms with E-state index in [0.717, 1.165) is 16.0 Å². The van der Waals surface area contributed by atoms with Crippen LogP contribution in [0.5, 0.6) is 0 Å². The lowest BCUT2D eigenvalue weighted by Crippen LogP contribution is -2.30. The molecule has 0 saturated heterocycles. The number of amides is 2. The Kier molecular flexibility index (Phi) is 6.28. The molecule has 3 aromatic rings. The minimum absolute atomic E-state index is 0.113. The van der Waals surface area contributed by atoms with Crippen LogP contribution >= 0.6 is 11.8 Å². The monoisotopic (exact) mass is 446 g/mol. The topological polar surface area (TPSA) is 84.5 Å². The minimum Gasteiger partial charge on any atom is -0.449 e. The van der Waals surface area contributed by atoms with Gasteiger partial charge in [-0.1, -0.05) is 48.5 Å². The van der Waals surface area contributed by atoms with Gasteiger partial charge >= 0.3 is 5.97 Å². The van der Waals surface area contributed by atoms with E-state index in [4.69, 9.17) is 4.74 Å². The van der Waals surface area contributed by atoms with E-state index in [1.807, 2.05) is 55.5 Å². The van der Waals surface area contributed by atoms with Gasteiger partial charge in [-0.15, -0.1) is 11.8 Å². The molecule has 2 amide bonds. The number of nitrogens with one attached hydrogen (secondary N) is 2. The Balaban J connectivity index is 1.44. The van der Waals surface area contributed by atoms with Crippen molar-refractivity contribution in [2.45, 2.75) is 30.1 Å². The molecule has 4 rings (SSSR count). The number of rotatable bonds is 5. The average Bonchev–Trinajstić information content (AvgIpc) is 2.80. The average molecular weight is 447 g/mol. The van der Waals surface area contributed by atoms with Crippen LogP contribution in [-0.2, 0) is 14.3 Å². The van der Waals surface area contributed by atoms with Crippen LogP contribution in [0, 0.1) is 0 Å². The van der Waals surface area contributed by atoms with Gasteiger partial charge in [0.2, 0.25) is 5.91 Å². The Labute approximate surface area is 190 Å². The number of anilines is 2. The summed E-state index contributed by atoms with van der Waals surface area (Å²) in [6, 6.07) is 22.1. The number of carbonyl (C=O) groups excluding carboxylic acids is 3. The molecule has 0 fully saturated rings. The number of para-hydroxylation sites is 1. The molecule has 0 aromatic heterocycles. The summed E-state index contributed by atoms with van der Waals surface area (Å²) in [5, 5.41) is 5.45. The largest absolute Gasteiger partial charge is 0.449 e. The second-order valence-electron chi connectivity index (χ2n) is 7.41. The van der Waals surface area contributed by atoms with Crippen molar-refractivity contribution in [3.05, 3.63) is 78.4 Å². The van der Waals surface area contributed by atoms with E-state index in [0.29, 0.717) is 11.4 Å². The van der Waals surface area contributed by atoms with Crippen molar-refractivity contribution in [1.29, 1.82) is 0 Å². The van der Waals surface area contributed by atoms with Gasteiger partial charge in [-0.25, -0.2) is 4.79 Å². The highest BCUT2D eigenvalue weighted by Crippen LogP contribution is 2.36. The zero-order valence-corrected chi connectivity index (χ0v) is 18.4. The number of hydrogen-bond acceptors (Lipinski definition) is 5. The molecule has 32 heavy (non-hydrogen) atoms. The van der Waals surface area contributed by atoms with Crippen molar-refractivity contribution in [2.24, 2.45) is 0 Å². The fourth-order valence-electron chi connectivity index (χ4n) is 3.31. The van der Waals surface area contributed by atoms with E-state index in [-0.39, 0.29) is 16.7 Å². The summed E-state index contributed by atoms with van der Waals surface area (Å²) in [4.78, 5) is 38.1. The van der Waals surface area contributed by atoms with Crippen LogP contribution in [-0.4, -0.2) is 29.1 Å². The van der Waals surface area contributed by atoms with E-state index in [1.54, 1.807) is 24.3 Å². The Morgan fingerprint density at radius 2 is 1.75 bits per heavy atom. The molecule has 0 spiro atoms. The first-order valence-electron chi connectivity index (χ1n) is 10.2. The number of esters is 1. The number of benzene rings is 3. The Bertz CT molecular complexity index is 1180. The minimum atomic E-state index is -1.01. The molecule has 6 nitrogen and oxygen atoms in total. The fourth-order valence-corrected chi connectivity index (χ4v) is 4.24. The lowest BCUT2D eigenvalue weighted by molar-refractivity contribution is -0.123.